The van der Waals surface area contributed by atoms with Gasteiger partial charge in [0.2, 0.25) is 0 Å². The lowest BCUT2D eigenvalue weighted by Crippen LogP contribution is -2.25. The zero-order valence-corrected chi connectivity index (χ0v) is 13.7. The van der Waals surface area contributed by atoms with Crippen molar-refractivity contribution < 1.29 is 17.9 Å². The van der Waals surface area contributed by atoms with Crippen molar-refractivity contribution >= 4 is 42.7 Å². The molecule has 3 rings (SSSR count). The van der Waals surface area contributed by atoms with Gasteiger partial charge in [-0.15, -0.1) is 11.3 Å². The molecule has 1 aliphatic heterocycles. The summed E-state index contributed by atoms with van der Waals surface area (Å²) >= 11 is 7.24. The van der Waals surface area contributed by atoms with Crippen molar-refractivity contribution in [2.24, 2.45) is 0 Å². The van der Waals surface area contributed by atoms with E-state index in [1.165, 1.54) is 17.4 Å². The van der Waals surface area contributed by atoms with Crippen LogP contribution in [0.5, 0.6) is 5.75 Å². The van der Waals surface area contributed by atoms with Crippen LogP contribution in [-0.2, 0) is 20.2 Å². The summed E-state index contributed by atoms with van der Waals surface area (Å²) in [5.74, 6) is -0.262. The van der Waals surface area contributed by atoms with E-state index in [1.54, 1.807) is 11.4 Å². The van der Waals surface area contributed by atoms with Gasteiger partial charge in [0.1, 0.15) is 5.75 Å². The number of fused-ring (bicyclic) bond motifs is 1. The smallest absolute Gasteiger partial charge is 0.280 e. The summed E-state index contributed by atoms with van der Waals surface area (Å²) in [7, 11) is 1.67. The van der Waals surface area contributed by atoms with Crippen LogP contribution in [0.1, 0.15) is 16.5 Å². The van der Waals surface area contributed by atoms with Crippen LogP contribution in [0.4, 0.5) is 0 Å². The first-order valence-corrected chi connectivity index (χ1v) is 9.64. The van der Waals surface area contributed by atoms with E-state index in [1.807, 2.05) is 18.2 Å². The monoisotopic (exact) mass is 364 g/mol. The number of hydrogen-bond donors (Lipinski definition) is 0. The van der Waals surface area contributed by atoms with E-state index < -0.39 is 14.8 Å². The van der Waals surface area contributed by atoms with E-state index in [9.17, 15) is 8.42 Å². The Labute approximate surface area is 135 Å². The molecule has 1 aromatic heterocycles. The van der Waals surface area contributed by atoms with Gasteiger partial charge in [-0.1, -0.05) is 18.2 Å². The molecule has 8 heteroatoms. The molecule has 0 saturated carbocycles. The maximum absolute atomic E-state index is 11.5. The van der Waals surface area contributed by atoms with Crippen molar-refractivity contribution in [3.8, 4) is 5.75 Å². The third-order valence-electron chi connectivity index (χ3n) is 3.09. The Bertz CT molecular complexity index is 757. The summed E-state index contributed by atoms with van der Waals surface area (Å²) in [4.78, 5) is 0.753. The molecule has 0 bridgehead atoms. The Morgan fingerprint density at radius 3 is 2.76 bits per heavy atom. The van der Waals surface area contributed by atoms with Crippen LogP contribution in [0.25, 0.3) is 0 Å². The van der Waals surface area contributed by atoms with Crippen molar-refractivity contribution in [3.05, 3.63) is 46.2 Å². The van der Waals surface area contributed by atoms with Crippen LogP contribution in [0.15, 0.2) is 40.6 Å². The second-order valence-electron chi connectivity index (χ2n) is 4.40. The van der Waals surface area contributed by atoms with Gasteiger partial charge in [0.25, 0.3) is 14.8 Å². The lowest BCUT2D eigenvalue weighted by Gasteiger charge is -2.29. The van der Waals surface area contributed by atoms with Crippen LogP contribution in [-0.4, -0.2) is 14.2 Å². The van der Waals surface area contributed by atoms with Gasteiger partial charge < -0.3 is 9.47 Å². The zero-order valence-electron chi connectivity index (χ0n) is 10.5. The molecule has 0 spiro atoms. The van der Waals surface area contributed by atoms with Crippen LogP contribution >= 0.6 is 33.6 Å². The van der Waals surface area contributed by atoms with Crippen molar-refractivity contribution in [3.63, 3.8) is 0 Å². The number of benzene rings is 1. The maximum Gasteiger partial charge on any atom is 0.280 e. The van der Waals surface area contributed by atoms with Gasteiger partial charge in [-0.25, -0.2) is 8.42 Å². The molecule has 2 aromatic rings. The second-order valence-corrected chi connectivity index (χ2v) is 8.30. The Hall–Kier alpha value is -0.790. The van der Waals surface area contributed by atoms with E-state index in [4.69, 9.17) is 31.8 Å². The number of para-hydroxylation sites is 1. The van der Waals surface area contributed by atoms with Gasteiger partial charge in [-0.3, -0.25) is 0 Å². The lowest BCUT2D eigenvalue weighted by molar-refractivity contribution is -0.0897. The summed E-state index contributed by atoms with van der Waals surface area (Å²) < 4.78 is 34.0. The molecule has 0 fully saturated rings. The topological polar surface area (TPSA) is 52.6 Å². The van der Waals surface area contributed by atoms with Crippen molar-refractivity contribution in [1.29, 1.82) is 0 Å². The maximum atomic E-state index is 11.5. The average Bonchev–Trinajstić information content (AvgIpc) is 2.86. The van der Waals surface area contributed by atoms with Gasteiger partial charge in [0.15, 0.2) is 0 Å². The highest BCUT2D eigenvalue weighted by atomic mass is 35.7. The number of hydrogen-bond acceptors (Lipinski definition) is 5. The Morgan fingerprint density at radius 2 is 2.00 bits per heavy atom. The van der Waals surface area contributed by atoms with Crippen molar-refractivity contribution in [2.75, 3.05) is 0 Å². The van der Waals surface area contributed by atoms with E-state index in [2.05, 4.69) is 0 Å². The first-order valence-electron chi connectivity index (χ1n) is 6.01. The summed E-state index contributed by atoms with van der Waals surface area (Å²) in [6, 6.07) is 8.86. The molecule has 112 valence electrons. The molecular weight excluding hydrogens is 355 g/mol. The highest BCUT2D eigenvalue weighted by Gasteiger charge is 2.29. The fraction of sp³-hybridized carbons (Fsp3) is 0.231. The molecule has 0 amide bonds. The molecule has 0 N–H and O–H groups in total. The molecular formula is C13H10Cl2O4S2. The van der Waals surface area contributed by atoms with Crippen LogP contribution in [0.3, 0.4) is 0 Å². The Morgan fingerprint density at radius 1 is 1.24 bits per heavy atom. The number of alkyl halides is 1. The number of rotatable bonds is 3. The Kier molecular flexibility index (Phi) is 4.16. The van der Waals surface area contributed by atoms with Gasteiger partial charge in [-0.05, 0) is 29.1 Å². The summed E-state index contributed by atoms with van der Waals surface area (Å²) in [5.41, 5.74) is 0.834. The molecule has 0 aliphatic carbocycles. The standard InChI is InChI=1S/C13H10Cl2O4S2/c14-13-18-9-4-2-1-3-8(9)10(19-13)7-11-12(5-6-20-11)21(15,16)17/h1-6,10,13H,7H2. The molecule has 0 saturated heterocycles. The quantitative estimate of drug-likeness (QED) is 0.612. The van der Waals surface area contributed by atoms with Gasteiger partial charge in [0, 0.05) is 27.5 Å². The largest absolute Gasteiger partial charge is 0.450 e. The van der Waals surface area contributed by atoms with E-state index in [0.717, 1.165) is 5.56 Å². The van der Waals surface area contributed by atoms with Crippen molar-refractivity contribution in [1.82, 2.24) is 0 Å². The number of halogens is 2. The molecule has 1 aromatic carbocycles. The first kappa shape index (κ1) is 15.1. The fourth-order valence-electron chi connectivity index (χ4n) is 2.21. The summed E-state index contributed by atoms with van der Waals surface area (Å²) in [6.45, 7) is 0. The minimum atomic E-state index is -3.77. The number of ether oxygens (including phenoxy) is 2. The van der Waals surface area contributed by atoms with E-state index >= 15 is 0 Å². The Balaban J connectivity index is 1.95. The molecule has 0 radical (unpaired) electrons. The predicted molar refractivity (Wildman–Crippen MR) is 81.6 cm³/mol. The van der Waals surface area contributed by atoms with E-state index in [0.29, 0.717) is 17.0 Å². The van der Waals surface area contributed by atoms with Gasteiger partial charge in [-0.2, -0.15) is 0 Å². The molecule has 4 nitrogen and oxygen atoms in total. The summed E-state index contributed by atoms with van der Waals surface area (Å²) in [5, 5.41) is 1.69. The molecule has 2 unspecified atom stereocenters. The molecule has 21 heavy (non-hydrogen) atoms. The van der Waals surface area contributed by atoms with Crippen molar-refractivity contribution in [2.45, 2.75) is 23.2 Å². The van der Waals surface area contributed by atoms with Crippen LogP contribution in [0, 0.1) is 0 Å². The fourth-order valence-corrected chi connectivity index (χ4v) is 4.94. The van der Waals surface area contributed by atoms with Gasteiger partial charge >= 0.3 is 0 Å². The highest BCUT2D eigenvalue weighted by Crippen LogP contribution is 2.39. The van der Waals surface area contributed by atoms with Gasteiger partial charge in [0.05, 0.1) is 11.0 Å². The normalized spacial score (nSPS) is 21.6. The van der Waals surface area contributed by atoms with Crippen LogP contribution in [0.2, 0.25) is 0 Å². The zero-order chi connectivity index (χ0) is 15.0. The molecule has 2 atom stereocenters. The lowest BCUT2D eigenvalue weighted by atomic mass is 10.0. The molecule has 1 aliphatic rings. The highest BCUT2D eigenvalue weighted by molar-refractivity contribution is 8.13. The average molecular weight is 365 g/mol. The van der Waals surface area contributed by atoms with E-state index in [-0.39, 0.29) is 11.0 Å². The van der Waals surface area contributed by atoms with Crippen LogP contribution < -0.4 is 4.74 Å². The SMILES string of the molecule is O=S(=O)(Cl)c1ccsc1CC1OC(Cl)Oc2ccccc21. The first-order chi connectivity index (χ1) is 9.95. The second kappa shape index (κ2) is 5.78. The predicted octanol–water partition coefficient (Wildman–Crippen LogP) is 3.89. The minimum absolute atomic E-state index is 0.118. The third kappa shape index (κ3) is 3.19. The minimum Gasteiger partial charge on any atom is -0.450 e. The molecule has 2 heterocycles. The number of thiophene rings is 1. The summed E-state index contributed by atoms with van der Waals surface area (Å²) in [6.07, 6.45) is -0.0176. The third-order valence-corrected chi connectivity index (χ3v) is 5.77.